The Morgan fingerprint density at radius 2 is 1.77 bits per heavy atom. The average molecular weight is 407 g/mol. The van der Waals surface area contributed by atoms with Crippen molar-refractivity contribution < 1.29 is 18.0 Å². The number of nitrogens with one attached hydrogen (secondary N) is 1. The van der Waals surface area contributed by atoms with E-state index in [1.165, 1.54) is 6.20 Å². The van der Waals surface area contributed by atoms with Gasteiger partial charge in [0.15, 0.2) is 0 Å². The third-order valence-corrected chi connectivity index (χ3v) is 4.58. The Kier molecular flexibility index (Phi) is 5.18. The SMILES string of the molecule is O=C(Cc1cccc2cc(C(F)(F)F)c(-c3ccccc3)nc12)Nc1cccnc1. The minimum Gasteiger partial charge on any atom is -0.324 e. The number of para-hydroxylation sites is 1. The van der Waals surface area contributed by atoms with Crippen molar-refractivity contribution in [3.05, 3.63) is 90.3 Å². The molecule has 0 spiro atoms. The Labute approximate surface area is 170 Å². The lowest BCUT2D eigenvalue weighted by molar-refractivity contribution is -0.137. The van der Waals surface area contributed by atoms with Gasteiger partial charge in [-0.2, -0.15) is 13.2 Å². The molecule has 4 aromatic rings. The van der Waals surface area contributed by atoms with E-state index in [-0.39, 0.29) is 18.0 Å². The van der Waals surface area contributed by atoms with Gasteiger partial charge in [0.2, 0.25) is 5.91 Å². The number of fused-ring (bicyclic) bond motifs is 1. The zero-order chi connectivity index (χ0) is 21.1. The molecule has 0 aliphatic heterocycles. The quantitative estimate of drug-likeness (QED) is 0.486. The van der Waals surface area contributed by atoms with E-state index < -0.39 is 11.7 Å². The number of hydrogen-bond acceptors (Lipinski definition) is 3. The number of alkyl halides is 3. The minimum absolute atomic E-state index is 0.0289. The van der Waals surface area contributed by atoms with Gasteiger partial charge >= 0.3 is 6.18 Å². The van der Waals surface area contributed by atoms with Crippen molar-refractivity contribution in [2.24, 2.45) is 0 Å². The van der Waals surface area contributed by atoms with Gasteiger partial charge in [0.05, 0.1) is 35.1 Å². The lowest BCUT2D eigenvalue weighted by Crippen LogP contribution is -2.15. The first-order valence-corrected chi connectivity index (χ1v) is 9.17. The molecule has 0 atom stereocenters. The summed E-state index contributed by atoms with van der Waals surface area (Å²) in [5.41, 5.74) is 0.848. The number of carbonyl (C=O) groups excluding carboxylic acids is 1. The second kappa shape index (κ2) is 7.94. The molecule has 1 N–H and O–H groups in total. The fraction of sp³-hybridized carbons (Fsp3) is 0.0870. The first kappa shape index (κ1) is 19.6. The fourth-order valence-corrected chi connectivity index (χ4v) is 3.25. The monoisotopic (exact) mass is 407 g/mol. The molecule has 2 heterocycles. The zero-order valence-corrected chi connectivity index (χ0v) is 15.6. The smallest absolute Gasteiger partial charge is 0.324 e. The number of halogens is 3. The number of rotatable bonds is 4. The summed E-state index contributed by atoms with van der Waals surface area (Å²) in [5, 5.41) is 3.06. The third kappa shape index (κ3) is 4.15. The van der Waals surface area contributed by atoms with Gasteiger partial charge in [0.1, 0.15) is 0 Å². The molecular weight excluding hydrogens is 391 g/mol. The van der Waals surface area contributed by atoms with Gasteiger partial charge in [-0.15, -0.1) is 0 Å². The molecule has 1 amide bonds. The van der Waals surface area contributed by atoms with Crippen LogP contribution in [0.4, 0.5) is 18.9 Å². The summed E-state index contributed by atoms with van der Waals surface area (Å²) in [6, 6.07) is 17.6. The van der Waals surface area contributed by atoms with Crippen LogP contribution in [0.2, 0.25) is 0 Å². The van der Waals surface area contributed by atoms with Crippen LogP contribution in [-0.2, 0) is 17.4 Å². The van der Waals surface area contributed by atoms with Gasteiger partial charge in [-0.25, -0.2) is 4.98 Å². The maximum absolute atomic E-state index is 13.7. The van der Waals surface area contributed by atoms with Gasteiger partial charge in [0, 0.05) is 17.1 Å². The molecule has 4 nitrogen and oxygen atoms in total. The fourth-order valence-electron chi connectivity index (χ4n) is 3.25. The number of carbonyl (C=O) groups is 1. The van der Waals surface area contributed by atoms with Gasteiger partial charge in [0.25, 0.3) is 0 Å². The number of benzene rings is 2. The van der Waals surface area contributed by atoms with E-state index in [1.807, 2.05) is 0 Å². The van der Waals surface area contributed by atoms with Crippen LogP contribution in [0, 0.1) is 0 Å². The van der Waals surface area contributed by atoms with Crippen LogP contribution in [0.25, 0.3) is 22.2 Å². The molecule has 2 aromatic heterocycles. The van der Waals surface area contributed by atoms with Crippen molar-refractivity contribution >= 4 is 22.5 Å². The summed E-state index contributed by atoms with van der Waals surface area (Å²) in [5.74, 6) is -0.307. The molecule has 0 saturated carbocycles. The second-order valence-electron chi connectivity index (χ2n) is 6.70. The molecule has 0 saturated heterocycles. The Hall–Kier alpha value is -3.74. The van der Waals surface area contributed by atoms with E-state index in [2.05, 4.69) is 15.3 Å². The molecule has 2 aromatic carbocycles. The van der Waals surface area contributed by atoms with Crippen molar-refractivity contribution in [2.45, 2.75) is 12.6 Å². The predicted molar refractivity (Wildman–Crippen MR) is 109 cm³/mol. The lowest BCUT2D eigenvalue weighted by Gasteiger charge is -2.15. The van der Waals surface area contributed by atoms with Crippen LogP contribution in [-0.4, -0.2) is 15.9 Å². The van der Waals surface area contributed by atoms with Gasteiger partial charge in [-0.1, -0.05) is 48.5 Å². The van der Waals surface area contributed by atoms with Crippen molar-refractivity contribution in [3.63, 3.8) is 0 Å². The van der Waals surface area contributed by atoms with Crippen LogP contribution < -0.4 is 5.32 Å². The number of nitrogens with zero attached hydrogens (tertiary/aromatic N) is 2. The molecule has 7 heteroatoms. The molecule has 0 radical (unpaired) electrons. The number of amides is 1. The maximum Gasteiger partial charge on any atom is 0.418 e. The highest BCUT2D eigenvalue weighted by atomic mass is 19.4. The van der Waals surface area contributed by atoms with E-state index in [0.29, 0.717) is 27.7 Å². The summed E-state index contributed by atoms with van der Waals surface area (Å²) in [6.07, 6.45) is -1.48. The molecule has 4 rings (SSSR count). The largest absolute Gasteiger partial charge is 0.418 e. The summed E-state index contributed by atoms with van der Waals surface area (Å²) in [6.45, 7) is 0. The lowest BCUT2D eigenvalue weighted by atomic mass is 10.00. The number of aromatic nitrogens is 2. The zero-order valence-electron chi connectivity index (χ0n) is 15.6. The molecule has 0 unspecified atom stereocenters. The first-order valence-electron chi connectivity index (χ1n) is 9.17. The van der Waals surface area contributed by atoms with Crippen molar-refractivity contribution in [1.29, 1.82) is 0 Å². The Morgan fingerprint density at radius 1 is 0.967 bits per heavy atom. The Balaban J connectivity index is 1.77. The van der Waals surface area contributed by atoms with Crippen LogP contribution in [0.1, 0.15) is 11.1 Å². The van der Waals surface area contributed by atoms with E-state index in [9.17, 15) is 18.0 Å². The highest BCUT2D eigenvalue weighted by molar-refractivity contribution is 5.95. The molecule has 0 fully saturated rings. The minimum atomic E-state index is -4.56. The number of anilines is 1. The molecular formula is C23H16F3N3O. The average Bonchev–Trinajstić information content (AvgIpc) is 2.74. The summed E-state index contributed by atoms with van der Waals surface area (Å²) in [4.78, 5) is 20.8. The molecule has 150 valence electrons. The molecule has 30 heavy (non-hydrogen) atoms. The topological polar surface area (TPSA) is 54.9 Å². The second-order valence-corrected chi connectivity index (χ2v) is 6.70. The maximum atomic E-state index is 13.7. The molecule has 0 bridgehead atoms. The molecule has 0 aliphatic carbocycles. The van der Waals surface area contributed by atoms with Crippen molar-refractivity contribution in [3.8, 4) is 11.3 Å². The van der Waals surface area contributed by atoms with Crippen LogP contribution in [0.3, 0.4) is 0 Å². The summed E-state index contributed by atoms with van der Waals surface area (Å²) < 4.78 is 41.1. The van der Waals surface area contributed by atoms with E-state index >= 15 is 0 Å². The highest BCUT2D eigenvalue weighted by Gasteiger charge is 2.35. The van der Waals surface area contributed by atoms with E-state index in [1.54, 1.807) is 66.9 Å². The van der Waals surface area contributed by atoms with Crippen LogP contribution in [0.5, 0.6) is 0 Å². The summed E-state index contributed by atoms with van der Waals surface area (Å²) in [7, 11) is 0. The van der Waals surface area contributed by atoms with Crippen LogP contribution >= 0.6 is 0 Å². The number of hydrogen-bond donors (Lipinski definition) is 1. The Bertz CT molecular complexity index is 1190. The number of pyridine rings is 2. The normalized spacial score (nSPS) is 11.4. The van der Waals surface area contributed by atoms with Crippen molar-refractivity contribution in [2.75, 3.05) is 5.32 Å². The van der Waals surface area contributed by atoms with Crippen molar-refractivity contribution in [1.82, 2.24) is 9.97 Å². The first-order chi connectivity index (χ1) is 14.4. The van der Waals surface area contributed by atoms with E-state index in [0.717, 1.165) is 6.07 Å². The van der Waals surface area contributed by atoms with Gasteiger partial charge in [-0.05, 0) is 23.8 Å². The third-order valence-electron chi connectivity index (χ3n) is 4.58. The van der Waals surface area contributed by atoms with Crippen LogP contribution in [0.15, 0.2) is 79.1 Å². The predicted octanol–water partition coefficient (Wildman–Crippen LogP) is 5.50. The molecule has 0 aliphatic rings. The van der Waals surface area contributed by atoms with Gasteiger partial charge < -0.3 is 5.32 Å². The van der Waals surface area contributed by atoms with Gasteiger partial charge in [-0.3, -0.25) is 9.78 Å². The van der Waals surface area contributed by atoms with E-state index in [4.69, 9.17) is 0 Å². The highest BCUT2D eigenvalue weighted by Crippen LogP contribution is 2.38. The standard InChI is InChI=1S/C23H16F3N3O/c24-23(25,26)19-12-16-8-4-9-17(13-20(30)28-18-10-5-11-27-14-18)21(16)29-22(19)15-6-2-1-3-7-15/h1-12,14H,13H2,(H,28,30). The Morgan fingerprint density at radius 3 is 2.47 bits per heavy atom. The summed E-state index contributed by atoms with van der Waals surface area (Å²) >= 11 is 0.